The summed E-state index contributed by atoms with van der Waals surface area (Å²) in [6, 6.07) is 3.32. The van der Waals surface area contributed by atoms with Gasteiger partial charge in [0.1, 0.15) is 5.82 Å². The summed E-state index contributed by atoms with van der Waals surface area (Å²) < 4.78 is 25.7. The minimum absolute atomic E-state index is 0.0993. The van der Waals surface area contributed by atoms with E-state index in [1.165, 1.54) is 0 Å². The zero-order chi connectivity index (χ0) is 12.5. The summed E-state index contributed by atoms with van der Waals surface area (Å²) >= 11 is 0.794. The van der Waals surface area contributed by atoms with Crippen molar-refractivity contribution in [2.45, 2.75) is 11.3 Å². The Bertz CT molecular complexity index is 620. The van der Waals surface area contributed by atoms with Gasteiger partial charge < -0.3 is 5.73 Å². The van der Waals surface area contributed by atoms with Gasteiger partial charge in [0.05, 0.1) is 0 Å². The number of pyridine rings is 1. The highest BCUT2D eigenvalue weighted by Crippen LogP contribution is 2.19. The molecule has 2 heterocycles. The standard InChI is InChI=1S/C8H9N5O2S2/c1-5-2-3-6(10-4-5)13-17(14,15)8-12-11-7(9)16-8/h2-4H,1H3,(H2,9,11)(H,10,13). The molecule has 7 nitrogen and oxygen atoms in total. The third kappa shape index (κ3) is 2.68. The third-order valence-corrected chi connectivity index (χ3v) is 4.28. The van der Waals surface area contributed by atoms with E-state index in [2.05, 4.69) is 19.9 Å². The fraction of sp³-hybridized carbons (Fsp3) is 0.125. The van der Waals surface area contributed by atoms with Crippen LogP contribution in [0.1, 0.15) is 5.56 Å². The van der Waals surface area contributed by atoms with Crippen LogP contribution in [-0.4, -0.2) is 23.6 Å². The Labute approximate surface area is 102 Å². The first-order valence-electron chi connectivity index (χ1n) is 4.52. The van der Waals surface area contributed by atoms with Crippen LogP contribution in [0, 0.1) is 6.92 Å². The predicted molar refractivity (Wildman–Crippen MR) is 64.1 cm³/mol. The molecule has 0 unspecified atom stereocenters. The lowest BCUT2D eigenvalue weighted by atomic mass is 10.3. The molecular weight excluding hydrogens is 262 g/mol. The Hall–Kier alpha value is -1.74. The van der Waals surface area contributed by atoms with Gasteiger partial charge in [-0.25, -0.2) is 4.98 Å². The molecule has 0 fully saturated rings. The summed E-state index contributed by atoms with van der Waals surface area (Å²) in [5, 5.41) is 7.01. The molecule has 0 saturated heterocycles. The maximum atomic E-state index is 11.8. The average molecular weight is 271 g/mol. The van der Waals surface area contributed by atoms with Crippen molar-refractivity contribution in [1.82, 2.24) is 15.2 Å². The Morgan fingerprint density at radius 1 is 1.35 bits per heavy atom. The number of hydrogen-bond acceptors (Lipinski definition) is 7. The summed E-state index contributed by atoms with van der Waals surface area (Å²) in [5.41, 5.74) is 6.26. The number of hydrogen-bond donors (Lipinski definition) is 2. The molecule has 0 bridgehead atoms. The monoisotopic (exact) mass is 271 g/mol. The van der Waals surface area contributed by atoms with Crippen molar-refractivity contribution >= 4 is 32.3 Å². The van der Waals surface area contributed by atoms with E-state index in [0.717, 1.165) is 16.9 Å². The lowest BCUT2D eigenvalue weighted by Gasteiger charge is -2.03. The zero-order valence-electron chi connectivity index (χ0n) is 8.78. The van der Waals surface area contributed by atoms with Crippen LogP contribution in [0.25, 0.3) is 0 Å². The van der Waals surface area contributed by atoms with Crippen molar-refractivity contribution in [3.63, 3.8) is 0 Å². The van der Waals surface area contributed by atoms with E-state index in [9.17, 15) is 8.42 Å². The van der Waals surface area contributed by atoms with Gasteiger partial charge in [-0.15, -0.1) is 10.2 Å². The Morgan fingerprint density at radius 2 is 2.12 bits per heavy atom. The van der Waals surface area contributed by atoms with Crippen LogP contribution in [0.4, 0.5) is 10.9 Å². The van der Waals surface area contributed by atoms with Crippen LogP contribution >= 0.6 is 11.3 Å². The molecule has 0 aromatic carbocycles. The van der Waals surface area contributed by atoms with E-state index in [0.29, 0.717) is 0 Å². The number of nitrogens with one attached hydrogen (secondary N) is 1. The summed E-state index contributed by atoms with van der Waals surface area (Å²) in [7, 11) is -3.75. The van der Waals surface area contributed by atoms with Crippen molar-refractivity contribution in [2.24, 2.45) is 0 Å². The molecule has 2 rings (SSSR count). The number of nitrogens with zero attached hydrogens (tertiary/aromatic N) is 3. The molecular formula is C8H9N5O2S2. The molecule has 0 spiro atoms. The van der Waals surface area contributed by atoms with Gasteiger partial charge in [0.15, 0.2) is 0 Å². The second-order valence-corrected chi connectivity index (χ2v) is 6.10. The first-order valence-corrected chi connectivity index (χ1v) is 6.82. The smallest absolute Gasteiger partial charge is 0.292 e. The van der Waals surface area contributed by atoms with Crippen LogP contribution in [0.15, 0.2) is 22.7 Å². The average Bonchev–Trinajstić information content (AvgIpc) is 2.69. The van der Waals surface area contributed by atoms with Gasteiger partial charge in [-0.1, -0.05) is 17.4 Å². The lowest BCUT2D eigenvalue weighted by Crippen LogP contribution is -2.13. The van der Waals surface area contributed by atoms with Crippen molar-refractivity contribution in [3.8, 4) is 0 Å². The first kappa shape index (κ1) is 11.7. The number of anilines is 2. The van der Waals surface area contributed by atoms with Crippen molar-refractivity contribution < 1.29 is 8.42 Å². The summed E-state index contributed by atoms with van der Waals surface area (Å²) in [4.78, 5) is 3.93. The van der Waals surface area contributed by atoms with Gasteiger partial charge in [-0.05, 0) is 18.6 Å². The van der Waals surface area contributed by atoms with Crippen LogP contribution in [0.5, 0.6) is 0 Å². The molecule has 90 valence electrons. The van der Waals surface area contributed by atoms with Crippen LogP contribution in [0.3, 0.4) is 0 Å². The van der Waals surface area contributed by atoms with E-state index < -0.39 is 10.0 Å². The highest BCUT2D eigenvalue weighted by atomic mass is 32.2. The maximum Gasteiger partial charge on any atom is 0.292 e. The molecule has 3 N–H and O–H groups in total. The van der Waals surface area contributed by atoms with E-state index in [4.69, 9.17) is 5.73 Å². The molecule has 0 aliphatic carbocycles. The van der Waals surface area contributed by atoms with E-state index in [-0.39, 0.29) is 15.3 Å². The quantitative estimate of drug-likeness (QED) is 0.846. The zero-order valence-corrected chi connectivity index (χ0v) is 10.4. The van der Waals surface area contributed by atoms with Gasteiger partial charge in [-0.2, -0.15) is 8.42 Å². The minimum atomic E-state index is -3.75. The summed E-state index contributed by atoms with van der Waals surface area (Å²) in [6.07, 6.45) is 1.56. The highest BCUT2D eigenvalue weighted by Gasteiger charge is 2.19. The van der Waals surface area contributed by atoms with Crippen molar-refractivity contribution in [1.29, 1.82) is 0 Å². The molecule has 0 amide bonds. The molecule has 2 aromatic heterocycles. The number of aromatic nitrogens is 3. The van der Waals surface area contributed by atoms with E-state index in [1.807, 2.05) is 6.92 Å². The number of nitrogens with two attached hydrogens (primary N) is 1. The van der Waals surface area contributed by atoms with Gasteiger partial charge >= 0.3 is 0 Å². The molecule has 0 aliphatic heterocycles. The summed E-state index contributed by atoms with van der Waals surface area (Å²) in [6.45, 7) is 1.86. The van der Waals surface area contributed by atoms with Crippen molar-refractivity contribution in [2.75, 3.05) is 10.5 Å². The number of nitrogen functional groups attached to an aromatic ring is 1. The number of aryl methyl sites for hydroxylation is 1. The van der Waals surface area contributed by atoms with E-state index in [1.54, 1.807) is 18.3 Å². The largest absolute Gasteiger partial charge is 0.374 e. The molecule has 9 heteroatoms. The molecule has 0 aliphatic rings. The van der Waals surface area contributed by atoms with Crippen LogP contribution in [-0.2, 0) is 10.0 Å². The Balaban J connectivity index is 2.26. The fourth-order valence-corrected chi connectivity index (χ4v) is 2.83. The Morgan fingerprint density at radius 3 is 2.65 bits per heavy atom. The summed E-state index contributed by atoms with van der Waals surface area (Å²) in [5.74, 6) is 0.226. The normalized spacial score (nSPS) is 11.4. The predicted octanol–water partition coefficient (Wildman–Crippen LogP) is 0.625. The van der Waals surface area contributed by atoms with Gasteiger partial charge in [-0.3, -0.25) is 4.72 Å². The van der Waals surface area contributed by atoms with Crippen molar-refractivity contribution in [3.05, 3.63) is 23.9 Å². The van der Waals surface area contributed by atoms with Gasteiger partial charge in [0.25, 0.3) is 14.4 Å². The van der Waals surface area contributed by atoms with Crippen LogP contribution in [0.2, 0.25) is 0 Å². The third-order valence-electron chi connectivity index (χ3n) is 1.80. The van der Waals surface area contributed by atoms with E-state index >= 15 is 0 Å². The molecule has 0 atom stereocenters. The SMILES string of the molecule is Cc1ccc(NS(=O)(=O)c2nnc(N)s2)nc1. The maximum absolute atomic E-state index is 11.8. The minimum Gasteiger partial charge on any atom is -0.374 e. The number of rotatable bonds is 3. The Kier molecular flexibility index (Phi) is 2.94. The molecule has 0 radical (unpaired) electrons. The molecule has 2 aromatic rings. The topological polar surface area (TPSA) is 111 Å². The second-order valence-electron chi connectivity index (χ2n) is 3.23. The van der Waals surface area contributed by atoms with Gasteiger partial charge in [0.2, 0.25) is 5.13 Å². The first-order chi connectivity index (χ1) is 7.97. The molecule has 0 saturated carbocycles. The molecule has 17 heavy (non-hydrogen) atoms. The lowest BCUT2D eigenvalue weighted by molar-refractivity contribution is 0.599. The fourth-order valence-electron chi connectivity index (χ4n) is 1.04. The second kappa shape index (κ2) is 4.26. The number of sulfonamides is 1. The van der Waals surface area contributed by atoms with Crippen LogP contribution < -0.4 is 10.5 Å². The highest BCUT2D eigenvalue weighted by molar-refractivity contribution is 7.94. The van der Waals surface area contributed by atoms with Gasteiger partial charge in [0, 0.05) is 6.20 Å².